The van der Waals surface area contributed by atoms with Gasteiger partial charge in [-0.2, -0.15) is 0 Å². The summed E-state index contributed by atoms with van der Waals surface area (Å²) in [7, 11) is 0. The minimum atomic E-state index is 0.0726. The van der Waals surface area contributed by atoms with Gasteiger partial charge in [0.2, 0.25) is 0 Å². The lowest BCUT2D eigenvalue weighted by Gasteiger charge is -2.24. The van der Waals surface area contributed by atoms with Gasteiger partial charge in [0.1, 0.15) is 0 Å². The van der Waals surface area contributed by atoms with Gasteiger partial charge in [0.15, 0.2) is 10.9 Å². The number of rotatable bonds is 14. The molecule has 5 aromatic rings. The average Bonchev–Trinajstić information content (AvgIpc) is 3.41. The van der Waals surface area contributed by atoms with Gasteiger partial charge in [-0.05, 0) is 83.6 Å². The first-order valence-electron chi connectivity index (χ1n) is 15.6. The van der Waals surface area contributed by atoms with E-state index in [4.69, 9.17) is 0 Å². The van der Waals surface area contributed by atoms with E-state index in [9.17, 15) is 9.59 Å². The van der Waals surface area contributed by atoms with Crippen molar-refractivity contribution in [1.82, 2.24) is 0 Å². The monoisotopic (exact) mass is 536 g/mol. The second-order valence-electron chi connectivity index (χ2n) is 11.4. The Bertz CT molecular complexity index is 1570. The molecule has 0 bridgehead atoms. The Morgan fingerprint density at radius 1 is 0.425 bits per heavy atom. The van der Waals surface area contributed by atoms with Crippen LogP contribution in [0.3, 0.4) is 0 Å². The number of benzene rings is 3. The fourth-order valence-corrected chi connectivity index (χ4v) is 6.15. The van der Waals surface area contributed by atoms with E-state index in [0.717, 1.165) is 132 Å². The lowest BCUT2D eigenvalue weighted by molar-refractivity contribution is 0.678. The van der Waals surface area contributed by atoms with Crippen LogP contribution in [0.2, 0.25) is 0 Å². The zero-order valence-corrected chi connectivity index (χ0v) is 24.8. The molecule has 5 rings (SSSR count). The lowest BCUT2D eigenvalue weighted by Crippen LogP contribution is -2.25. The van der Waals surface area contributed by atoms with Crippen LogP contribution in [0.4, 0.5) is 11.4 Å². The van der Waals surface area contributed by atoms with Crippen LogP contribution in [0, 0.1) is 0 Å². The molecule has 0 N–H and O–H groups in total. The van der Waals surface area contributed by atoms with Gasteiger partial charge in [-0.15, -0.1) is 0 Å². The molecule has 4 nitrogen and oxygen atoms in total. The summed E-state index contributed by atoms with van der Waals surface area (Å²) in [5.74, 6) is 0. The highest BCUT2D eigenvalue weighted by atomic mass is 16.1. The van der Waals surface area contributed by atoms with E-state index in [2.05, 4.69) is 73.9 Å². The number of fused-ring (bicyclic) bond motifs is 6. The highest BCUT2D eigenvalue weighted by Crippen LogP contribution is 2.34. The molecule has 4 heteroatoms. The van der Waals surface area contributed by atoms with Gasteiger partial charge >= 0.3 is 0 Å². The van der Waals surface area contributed by atoms with Crippen molar-refractivity contribution in [3.8, 4) is 0 Å². The van der Waals surface area contributed by atoms with Gasteiger partial charge in [-0.1, -0.05) is 65.5 Å². The molecule has 0 atom stereocenters. The van der Waals surface area contributed by atoms with Crippen molar-refractivity contribution in [1.29, 1.82) is 0 Å². The lowest BCUT2D eigenvalue weighted by atomic mass is 10.1. The Kier molecular flexibility index (Phi) is 8.73. The van der Waals surface area contributed by atoms with E-state index in [1.807, 2.05) is 12.1 Å². The predicted octanol–water partition coefficient (Wildman–Crippen LogP) is 8.71. The van der Waals surface area contributed by atoms with Gasteiger partial charge in [0, 0.05) is 59.1 Å². The summed E-state index contributed by atoms with van der Waals surface area (Å²) in [4.78, 5) is 32.3. The van der Waals surface area contributed by atoms with Crippen LogP contribution >= 0.6 is 0 Å². The third kappa shape index (κ3) is 5.21. The summed E-state index contributed by atoms with van der Waals surface area (Å²) < 4.78 is 0. The normalized spacial score (nSPS) is 11.9. The van der Waals surface area contributed by atoms with Crippen molar-refractivity contribution in [3.05, 3.63) is 69.0 Å². The van der Waals surface area contributed by atoms with Crippen LogP contribution in [-0.2, 0) is 0 Å². The summed E-state index contributed by atoms with van der Waals surface area (Å²) in [5, 5.41) is 6.66. The van der Waals surface area contributed by atoms with Gasteiger partial charge in [0.25, 0.3) is 0 Å². The summed E-state index contributed by atoms with van der Waals surface area (Å²) in [5.41, 5.74) is 2.39. The van der Waals surface area contributed by atoms with E-state index >= 15 is 0 Å². The molecule has 0 aliphatic carbocycles. The predicted molar refractivity (Wildman–Crippen MR) is 175 cm³/mol. The zero-order chi connectivity index (χ0) is 28.2. The first-order valence-corrected chi connectivity index (χ1v) is 15.6. The van der Waals surface area contributed by atoms with Crippen molar-refractivity contribution in [3.63, 3.8) is 0 Å². The first-order chi connectivity index (χ1) is 19.5. The molecule has 0 aliphatic heterocycles. The number of hydrogen-bond acceptors (Lipinski definition) is 4. The molecular weight excluding hydrogens is 492 g/mol. The summed E-state index contributed by atoms with van der Waals surface area (Å²) in [6, 6.07) is 16.6. The van der Waals surface area contributed by atoms with E-state index in [1.54, 1.807) is 0 Å². The Labute approximate surface area is 238 Å². The van der Waals surface area contributed by atoms with Crippen molar-refractivity contribution in [2.24, 2.45) is 0 Å². The molecule has 0 saturated heterocycles. The largest absolute Gasteiger partial charge is 0.372 e. The average molecular weight is 537 g/mol. The molecule has 0 aliphatic rings. The van der Waals surface area contributed by atoms with Gasteiger partial charge < -0.3 is 9.80 Å². The molecular formula is C36H44N2O2. The number of anilines is 2. The molecule has 210 valence electrons. The van der Waals surface area contributed by atoms with Crippen LogP contribution in [0.25, 0.3) is 43.1 Å². The summed E-state index contributed by atoms with van der Waals surface area (Å²) in [6.07, 6.45) is 9.15. The standard InChI is InChI=1S/C36H44N2O2/c1-5-9-17-37(18-10-6-2)25-13-15-27-29-23-34-30(24-33(29)35(39)31(27)21-25)28-16-14-26(22-32(28)36(34)40)38(19-11-7-3)20-12-8-4/h13-16,21-24H,5-12,17-20H2,1-4H3. The van der Waals surface area contributed by atoms with Gasteiger partial charge in [0.05, 0.1) is 0 Å². The van der Waals surface area contributed by atoms with Crippen molar-refractivity contribution in [2.75, 3.05) is 36.0 Å². The van der Waals surface area contributed by atoms with Crippen LogP contribution in [0.1, 0.15) is 79.1 Å². The van der Waals surface area contributed by atoms with Gasteiger partial charge in [-0.3, -0.25) is 9.59 Å². The number of nitrogens with zero attached hydrogens (tertiary/aromatic N) is 2. The topological polar surface area (TPSA) is 40.6 Å². The molecule has 5 aromatic carbocycles. The van der Waals surface area contributed by atoms with Crippen LogP contribution in [-0.4, -0.2) is 26.2 Å². The molecule has 40 heavy (non-hydrogen) atoms. The molecule has 0 fully saturated rings. The highest BCUT2D eigenvalue weighted by molar-refractivity contribution is 6.21. The van der Waals surface area contributed by atoms with Crippen molar-refractivity contribution < 1.29 is 0 Å². The first kappa shape index (κ1) is 28.1. The Morgan fingerprint density at radius 3 is 1.07 bits per heavy atom. The summed E-state index contributed by atoms with van der Waals surface area (Å²) in [6.45, 7) is 12.9. The second-order valence-corrected chi connectivity index (χ2v) is 11.4. The van der Waals surface area contributed by atoms with Crippen LogP contribution < -0.4 is 20.7 Å². The van der Waals surface area contributed by atoms with Crippen molar-refractivity contribution >= 4 is 54.5 Å². The Morgan fingerprint density at radius 2 is 0.750 bits per heavy atom. The smallest absolute Gasteiger partial charge is 0.194 e. The quantitative estimate of drug-likeness (QED) is 0.142. The Balaban J connectivity index is 1.61. The molecule has 0 amide bonds. The molecule has 0 heterocycles. The fraction of sp³-hybridized carbons (Fsp3) is 0.444. The third-order valence-electron chi connectivity index (χ3n) is 8.58. The summed E-state index contributed by atoms with van der Waals surface area (Å²) >= 11 is 0. The van der Waals surface area contributed by atoms with Crippen LogP contribution in [0.15, 0.2) is 58.1 Å². The molecule has 0 radical (unpaired) electrons. The molecule has 0 spiro atoms. The molecule has 0 saturated carbocycles. The SMILES string of the molecule is CCCCN(CCCC)c1ccc2c(c1)c(=O)c1cc3c(cc12)c(=O)c1cc(N(CCCC)CCCC)ccc13. The van der Waals surface area contributed by atoms with Crippen molar-refractivity contribution in [2.45, 2.75) is 79.1 Å². The van der Waals surface area contributed by atoms with Crippen LogP contribution in [0.5, 0.6) is 0 Å². The Hall–Kier alpha value is -3.40. The zero-order valence-electron chi connectivity index (χ0n) is 24.8. The van der Waals surface area contributed by atoms with E-state index in [1.165, 1.54) is 0 Å². The maximum Gasteiger partial charge on any atom is 0.194 e. The maximum absolute atomic E-state index is 13.7. The van der Waals surface area contributed by atoms with E-state index < -0.39 is 0 Å². The second kappa shape index (κ2) is 12.4. The minimum Gasteiger partial charge on any atom is -0.372 e. The number of unbranched alkanes of at least 4 members (excludes halogenated alkanes) is 4. The highest BCUT2D eigenvalue weighted by Gasteiger charge is 2.18. The van der Waals surface area contributed by atoms with E-state index in [0.29, 0.717) is 0 Å². The van der Waals surface area contributed by atoms with E-state index in [-0.39, 0.29) is 10.9 Å². The van der Waals surface area contributed by atoms with Gasteiger partial charge in [-0.25, -0.2) is 0 Å². The fourth-order valence-electron chi connectivity index (χ4n) is 6.15. The third-order valence-corrected chi connectivity index (χ3v) is 8.58. The number of hydrogen-bond donors (Lipinski definition) is 0. The minimum absolute atomic E-state index is 0.0726. The molecule has 0 unspecified atom stereocenters. The maximum atomic E-state index is 13.7. The molecule has 0 aromatic heterocycles.